The molecular weight excluding hydrogens is 505 g/mol. The molecular formula is C28H26F5N3O2. The van der Waals surface area contributed by atoms with Crippen molar-refractivity contribution in [3.05, 3.63) is 82.9 Å². The smallest absolute Gasteiger partial charge is 0.419 e. The van der Waals surface area contributed by atoms with Crippen LogP contribution in [0.2, 0.25) is 0 Å². The molecule has 200 valence electrons. The third-order valence-electron chi connectivity index (χ3n) is 6.98. The predicted octanol–water partition coefficient (Wildman–Crippen LogP) is 6.61. The van der Waals surface area contributed by atoms with Crippen LogP contribution in [-0.2, 0) is 30.6 Å². The Labute approximate surface area is 215 Å². The number of rotatable bonds is 6. The van der Waals surface area contributed by atoms with Crippen molar-refractivity contribution < 1.29 is 31.5 Å². The van der Waals surface area contributed by atoms with E-state index in [1.807, 2.05) is 12.1 Å². The topological polar surface area (TPSA) is 46.5 Å². The molecule has 2 heterocycles. The van der Waals surface area contributed by atoms with Gasteiger partial charge in [0.25, 0.3) is 0 Å². The summed E-state index contributed by atoms with van der Waals surface area (Å²) < 4.78 is 73.1. The summed E-state index contributed by atoms with van der Waals surface area (Å²) in [4.78, 5) is 14.4. The molecule has 1 N–H and O–H groups in total. The summed E-state index contributed by atoms with van der Waals surface area (Å²) >= 11 is 0. The van der Waals surface area contributed by atoms with E-state index < -0.39 is 41.6 Å². The number of carbonyl (C=O) groups is 1. The van der Waals surface area contributed by atoms with Crippen molar-refractivity contribution in [3.63, 3.8) is 0 Å². The summed E-state index contributed by atoms with van der Waals surface area (Å²) in [6.45, 7) is 4.34. The number of carbonyl (C=O) groups excluding carboxylic acids is 1. The number of alkyl halides is 3. The number of alkyl carbamates (subject to hydrolysis) is 1. The summed E-state index contributed by atoms with van der Waals surface area (Å²) in [6, 6.07) is 15.8. The van der Waals surface area contributed by atoms with Crippen molar-refractivity contribution in [2.75, 3.05) is 13.1 Å². The number of benzene rings is 3. The molecule has 0 aliphatic carbocycles. The average Bonchev–Trinajstić information content (AvgIpc) is 3.45. The molecule has 4 aromatic rings. The van der Waals surface area contributed by atoms with Crippen LogP contribution in [0.4, 0.5) is 26.7 Å². The Hall–Kier alpha value is -3.66. The number of ether oxygens (including phenoxy) is 1. The minimum absolute atomic E-state index is 0.206. The van der Waals surface area contributed by atoms with Crippen LogP contribution >= 0.6 is 0 Å². The first-order chi connectivity index (χ1) is 18.2. The number of hydrogen-bond donors (Lipinski definition) is 1. The van der Waals surface area contributed by atoms with Gasteiger partial charge in [0.05, 0.1) is 5.56 Å². The summed E-state index contributed by atoms with van der Waals surface area (Å²) in [5.41, 5.74) is 1.36. The standard InChI is InChI=1S/C28H26F5N3O2/c1-2-36-23-6-4-3-5-20(23)21-13-17(7-10-24(21)36)14-35-12-11-19(15-35)34-27(37)38-16-18-8-9-22(28(31,32)33)26(30)25(18)29/h3-10,13,19H,2,11-12,14-16H2,1H3,(H,34,37). The Balaban J connectivity index is 1.17. The Morgan fingerprint density at radius 3 is 2.55 bits per heavy atom. The highest BCUT2D eigenvalue weighted by Crippen LogP contribution is 2.33. The minimum Gasteiger partial charge on any atom is -0.445 e. The van der Waals surface area contributed by atoms with Gasteiger partial charge in [0, 0.05) is 59.6 Å². The van der Waals surface area contributed by atoms with Gasteiger partial charge in [-0.1, -0.05) is 30.3 Å². The Kier molecular flexibility index (Phi) is 7.00. The molecule has 1 unspecified atom stereocenters. The molecule has 1 fully saturated rings. The second kappa shape index (κ2) is 10.2. The lowest BCUT2D eigenvalue weighted by atomic mass is 10.1. The summed E-state index contributed by atoms with van der Waals surface area (Å²) in [5.74, 6) is -3.69. The molecule has 1 amide bonds. The van der Waals surface area contributed by atoms with Crippen LogP contribution < -0.4 is 5.32 Å². The van der Waals surface area contributed by atoms with Gasteiger partial charge in [-0.25, -0.2) is 13.6 Å². The van der Waals surface area contributed by atoms with Gasteiger partial charge in [0.15, 0.2) is 11.6 Å². The average molecular weight is 532 g/mol. The number of nitrogens with one attached hydrogen (secondary N) is 1. The molecule has 0 saturated carbocycles. The van der Waals surface area contributed by atoms with Gasteiger partial charge in [-0.15, -0.1) is 0 Å². The van der Waals surface area contributed by atoms with Crippen LogP contribution in [0.3, 0.4) is 0 Å². The summed E-state index contributed by atoms with van der Waals surface area (Å²) in [5, 5.41) is 5.10. The van der Waals surface area contributed by atoms with Crippen LogP contribution in [0.25, 0.3) is 21.8 Å². The van der Waals surface area contributed by atoms with Gasteiger partial charge in [0.1, 0.15) is 6.61 Å². The molecule has 0 spiro atoms. The van der Waals surface area contributed by atoms with Gasteiger partial charge in [-0.2, -0.15) is 13.2 Å². The van der Waals surface area contributed by atoms with E-state index in [1.54, 1.807) is 0 Å². The van der Waals surface area contributed by atoms with Crippen LogP contribution in [0.15, 0.2) is 54.6 Å². The number of para-hydroxylation sites is 1. The third kappa shape index (κ3) is 5.05. The number of likely N-dealkylation sites (tertiary alicyclic amines) is 1. The maximum Gasteiger partial charge on any atom is 0.419 e. The van der Waals surface area contributed by atoms with E-state index in [4.69, 9.17) is 4.74 Å². The molecule has 38 heavy (non-hydrogen) atoms. The van der Waals surface area contributed by atoms with E-state index >= 15 is 0 Å². The number of amides is 1. The lowest BCUT2D eigenvalue weighted by Gasteiger charge is -2.17. The quantitative estimate of drug-likeness (QED) is 0.285. The molecule has 10 heteroatoms. The molecule has 3 aromatic carbocycles. The minimum atomic E-state index is -5.02. The zero-order valence-corrected chi connectivity index (χ0v) is 20.6. The number of aryl methyl sites for hydroxylation is 1. The summed E-state index contributed by atoms with van der Waals surface area (Å²) in [6.07, 6.45) is -5.18. The normalized spacial score (nSPS) is 16.4. The monoisotopic (exact) mass is 531 g/mol. The molecule has 1 aliphatic heterocycles. The largest absolute Gasteiger partial charge is 0.445 e. The van der Waals surface area contributed by atoms with Crippen molar-refractivity contribution in [3.8, 4) is 0 Å². The lowest BCUT2D eigenvalue weighted by molar-refractivity contribution is -0.140. The fraction of sp³-hybridized carbons (Fsp3) is 0.321. The van der Waals surface area contributed by atoms with Crippen LogP contribution in [0, 0.1) is 11.6 Å². The van der Waals surface area contributed by atoms with Gasteiger partial charge in [0.2, 0.25) is 0 Å². The summed E-state index contributed by atoms with van der Waals surface area (Å²) in [7, 11) is 0. The zero-order valence-electron chi connectivity index (χ0n) is 20.6. The number of aromatic nitrogens is 1. The number of hydrogen-bond acceptors (Lipinski definition) is 3. The second-order valence-electron chi connectivity index (χ2n) is 9.45. The maximum absolute atomic E-state index is 14.0. The number of fused-ring (bicyclic) bond motifs is 3. The highest BCUT2D eigenvalue weighted by molar-refractivity contribution is 6.08. The molecule has 0 radical (unpaired) electrons. The van der Waals surface area contributed by atoms with Gasteiger partial charge in [-0.3, -0.25) is 4.90 Å². The van der Waals surface area contributed by atoms with Crippen molar-refractivity contribution in [2.45, 2.75) is 45.3 Å². The molecule has 1 saturated heterocycles. The van der Waals surface area contributed by atoms with Crippen molar-refractivity contribution >= 4 is 27.9 Å². The molecule has 5 rings (SSSR count). The van der Waals surface area contributed by atoms with Gasteiger partial charge in [-0.05, 0) is 43.2 Å². The van der Waals surface area contributed by atoms with E-state index in [1.165, 1.54) is 21.8 Å². The SMILES string of the molecule is CCn1c2ccccc2c2cc(CN3CCC(NC(=O)OCc4ccc(C(F)(F)F)c(F)c4F)C3)ccc21. The van der Waals surface area contributed by atoms with Crippen LogP contribution in [-0.4, -0.2) is 34.7 Å². The first-order valence-electron chi connectivity index (χ1n) is 12.3. The van der Waals surface area contributed by atoms with E-state index in [2.05, 4.69) is 52.0 Å². The van der Waals surface area contributed by atoms with Crippen LogP contribution in [0.1, 0.15) is 30.0 Å². The Morgan fingerprint density at radius 1 is 1.03 bits per heavy atom. The predicted molar refractivity (Wildman–Crippen MR) is 133 cm³/mol. The maximum atomic E-state index is 14.0. The van der Waals surface area contributed by atoms with Crippen molar-refractivity contribution in [1.29, 1.82) is 0 Å². The van der Waals surface area contributed by atoms with E-state index in [0.29, 0.717) is 25.6 Å². The number of nitrogens with zero attached hydrogens (tertiary/aromatic N) is 2. The van der Waals surface area contributed by atoms with Crippen molar-refractivity contribution in [2.24, 2.45) is 0 Å². The second-order valence-corrected chi connectivity index (χ2v) is 9.45. The molecule has 0 bridgehead atoms. The van der Waals surface area contributed by atoms with E-state index in [0.717, 1.165) is 24.7 Å². The highest BCUT2D eigenvalue weighted by atomic mass is 19.4. The van der Waals surface area contributed by atoms with Crippen molar-refractivity contribution in [1.82, 2.24) is 14.8 Å². The first-order valence-corrected chi connectivity index (χ1v) is 12.3. The number of halogens is 5. The molecule has 5 nitrogen and oxygen atoms in total. The first kappa shape index (κ1) is 26.0. The Bertz CT molecular complexity index is 1500. The zero-order chi connectivity index (χ0) is 27.0. The van der Waals surface area contributed by atoms with Crippen LogP contribution in [0.5, 0.6) is 0 Å². The van der Waals surface area contributed by atoms with E-state index in [9.17, 15) is 26.7 Å². The third-order valence-corrected chi connectivity index (χ3v) is 6.98. The molecule has 1 atom stereocenters. The fourth-order valence-electron chi connectivity index (χ4n) is 5.16. The highest BCUT2D eigenvalue weighted by Gasteiger charge is 2.36. The fourth-order valence-corrected chi connectivity index (χ4v) is 5.16. The van der Waals surface area contributed by atoms with Gasteiger partial charge >= 0.3 is 12.3 Å². The molecule has 1 aromatic heterocycles. The van der Waals surface area contributed by atoms with Gasteiger partial charge < -0.3 is 14.6 Å². The lowest BCUT2D eigenvalue weighted by Crippen LogP contribution is -2.37. The Morgan fingerprint density at radius 2 is 1.79 bits per heavy atom. The molecule has 1 aliphatic rings. The van der Waals surface area contributed by atoms with E-state index in [-0.39, 0.29) is 6.04 Å².